The summed E-state index contributed by atoms with van der Waals surface area (Å²) in [5.41, 5.74) is 2.36. The van der Waals surface area contributed by atoms with Crippen LogP contribution in [0.5, 0.6) is 0 Å². The van der Waals surface area contributed by atoms with Gasteiger partial charge in [0, 0.05) is 10.4 Å². The molecule has 23 heavy (non-hydrogen) atoms. The maximum Gasteiger partial charge on any atom is 0.269 e. The Kier molecular flexibility index (Phi) is 4.23. The molecule has 3 aromatic rings. The highest BCUT2D eigenvalue weighted by atomic mass is 32.1. The Morgan fingerprint density at radius 2 is 1.74 bits per heavy atom. The van der Waals surface area contributed by atoms with Crippen molar-refractivity contribution in [2.45, 2.75) is 20.8 Å². The van der Waals surface area contributed by atoms with Gasteiger partial charge >= 0.3 is 0 Å². The zero-order chi connectivity index (χ0) is 16.6. The molecule has 0 aliphatic heterocycles. The fraction of sp³-hybridized carbons (Fsp3) is 0.188. The van der Waals surface area contributed by atoms with Gasteiger partial charge in [-0.25, -0.2) is 14.4 Å². The molecule has 1 amide bonds. The number of anilines is 1. The molecule has 0 spiro atoms. The molecule has 0 atom stereocenters. The molecule has 0 bridgehead atoms. The van der Waals surface area contributed by atoms with Gasteiger partial charge in [-0.3, -0.25) is 10.1 Å². The average molecular weight is 347 g/mol. The Bertz CT molecular complexity index is 849. The summed E-state index contributed by atoms with van der Waals surface area (Å²) in [6.07, 6.45) is 0. The van der Waals surface area contributed by atoms with E-state index in [1.54, 1.807) is 19.1 Å². The lowest BCUT2D eigenvalue weighted by atomic mass is 10.2. The highest BCUT2D eigenvalue weighted by Gasteiger charge is 2.18. The molecule has 3 rings (SSSR count). The minimum absolute atomic E-state index is 0.220. The van der Waals surface area contributed by atoms with E-state index < -0.39 is 0 Å². The fourth-order valence-electron chi connectivity index (χ4n) is 2.00. The van der Waals surface area contributed by atoms with Crippen molar-refractivity contribution < 1.29 is 9.18 Å². The van der Waals surface area contributed by atoms with Gasteiger partial charge in [0.2, 0.25) is 0 Å². The highest BCUT2D eigenvalue weighted by Crippen LogP contribution is 2.29. The van der Waals surface area contributed by atoms with Gasteiger partial charge in [0.25, 0.3) is 5.91 Å². The van der Waals surface area contributed by atoms with Crippen LogP contribution in [-0.2, 0) is 0 Å². The summed E-state index contributed by atoms with van der Waals surface area (Å²) in [5, 5.41) is 4.09. The van der Waals surface area contributed by atoms with Crippen LogP contribution in [0.4, 0.5) is 9.52 Å². The summed E-state index contributed by atoms with van der Waals surface area (Å²) in [7, 11) is 0. The third kappa shape index (κ3) is 3.30. The second-order valence-electron chi connectivity index (χ2n) is 5.06. The number of nitrogens with one attached hydrogen (secondary N) is 1. The Morgan fingerprint density at radius 3 is 2.35 bits per heavy atom. The van der Waals surface area contributed by atoms with Gasteiger partial charge in [-0.05, 0) is 45.0 Å². The lowest BCUT2D eigenvalue weighted by Gasteiger charge is -1.98. The number of hydrogen-bond acceptors (Lipinski definition) is 5. The van der Waals surface area contributed by atoms with Crippen molar-refractivity contribution in [1.29, 1.82) is 0 Å². The number of aryl methyl sites for hydroxylation is 3. The van der Waals surface area contributed by atoms with E-state index in [4.69, 9.17) is 0 Å². The molecule has 0 aliphatic rings. The van der Waals surface area contributed by atoms with Gasteiger partial charge < -0.3 is 0 Å². The molecule has 2 aromatic heterocycles. The first-order valence-electron chi connectivity index (χ1n) is 6.93. The lowest BCUT2D eigenvalue weighted by molar-refractivity contribution is 0.103. The van der Waals surface area contributed by atoms with Crippen LogP contribution in [0.2, 0.25) is 0 Å². The summed E-state index contributed by atoms with van der Waals surface area (Å²) in [6.45, 7) is 5.66. The predicted octanol–water partition coefficient (Wildman–Crippen LogP) is 4.58. The molecule has 0 aliphatic carbocycles. The molecular formula is C16H14FN3OS2. The quantitative estimate of drug-likeness (QED) is 0.754. The van der Waals surface area contributed by atoms with E-state index >= 15 is 0 Å². The van der Waals surface area contributed by atoms with Crippen LogP contribution in [-0.4, -0.2) is 15.9 Å². The van der Waals surface area contributed by atoms with Gasteiger partial charge in [-0.2, -0.15) is 0 Å². The summed E-state index contributed by atoms with van der Waals surface area (Å²) >= 11 is 2.74. The molecule has 2 heterocycles. The molecule has 4 nitrogen and oxygen atoms in total. The molecule has 0 unspecified atom stereocenters. The van der Waals surface area contributed by atoms with Crippen LogP contribution >= 0.6 is 22.7 Å². The topological polar surface area (TPSA) is 54.9 Å². The average Bonchev–Trinajstić information content (AvgIpc) is 3.03. The van der Waals surface area contributed by atoms with Gasteiger partial charge in [-0.1, -0.05) is 0 Å². The van der Waals surface area contributed by atoms with Crippen LogP contribution in [0.25, 0.3) is 10.6 Å². The molecule has 0 saturated carbocycles. The predicted molar refractivity (Wildman–Crippen MR) is 91.8 cm³/mol. The summed E-state index contributed by atoms with van der Waals surface area (Å²) in [4.78, 5) is 22.8. The SMILES string of the molecule is Cc1nc(NC(=O)c2sc(-c3ccc(F)cc3)nc2C)sc1C. The number of nitrogens with zero attached hydrogens (tertiary/aromatic N) is 2. The second kappa shape index (κ2) is 6.17. The Morgan fingerprint density at radius 1 is 1.04 bits per heavy atom. The van der Waals surface area contributed by atoms with Gasteiger partial charge in [0.1, 0.15) is 15.7 Å². The standard InChI is InChI=1S/C16H14FN3OS2/c1-8-10(3)22-16(19-8)20-14(21)13-9(2)18-15(23-13)11-4-6-12(17)7-5-11/h4-7H,1-3H3,(H,19,20,21). The number of hydrogen-bond donors (Lipinski definition) is 1. The van der Waals surface area contributed by atoms with E-state index in [1.165, 1.54) is 34.8 Å². The third-order valence-corrected chi connectivity index (χ3v) is 5.54. The Balaban J connectivity index is 1.85. The van der Waals surface area contributed by atoms with Crippen molar-refractivity contribution in [2.75, 3.05) is 5.32 Å². The monoisotopic (exact) mass is 347 g/mol. The summed E-state index contributed by atoms with van der Waals surface area (Å²) in [5.74, 6) is -0.517. The van der Waals surface area contributed by atoms with E-state index in [0.717, 1.165) is 16.1 Å². The number of aromatic nitrogens is 2. The van der Waals surface area contributed by atoms with E-state index in [1.807, 2.05) is 13.8 Å². The normalized spacial score (nSPS) is 10.8. The van der Waals surface area contributed by atoms with Crippen molar-refractivity contribution >= 4 is 33.7 Å². The maximum absolute atomic E-state index is 13.0. The van der Waals surface area contributed by atoms with Crippen molar-refractivity contribution in [1.82, 2.24) is 9.97 Å². The van der Waals surface area contributed by atoms with Crippen molar-refractivity contribution in [3.05, 3.63) is 51.2 Å². The third-order valence-electron chi connectivity index (χ3n) is 3.34. The number of halogens is 1. The molecule has 0 saturated heterocycles. The van der Waals surface area contributed by atoms with Crippen molar-refractivity contribution in [3.8, 4) is 10.6 Å². The minimum atomic E-state index is -0.297. The second-order valence-corrected chi connectivity index (χ2v) is 7.26. The van der Waals surface area contributed by atoms with E-state index in [-0.39, 0.29) is 11.7 Å². The first-order chi connectivity index (χ1) is 10.9. The van der Waals surface area contributed by atoms with Crippen molar-refractivity contribution in [2.24, 2.45) is 0 Å². The van der Waals surface area contributed by atoms with Gasteiger partial charge in [0.05, 0.1) is 11.4 Å². The van der Waals surface area contributed by atoms with Crippen LogP contribution in [0.15, 0.2) is 24.3 Å². The van der Waals surface area contributed by atoms with Gasteiger partial charge in [0.15, 0.2) is 5.13 Å². The number of benzene rings is 1. The van der Waals surface area contributed by atoms with E-state index in [9.17, 15) is 9.18 Å². The molecule has 1 aromatic carbocycles. The zero-order valence-electron chi connectivity index (χ0n) is 12.8. The lowest BCUT2D eigenvalue weighted by Crippen LogP contribution is -2.11. The summed E-state index contributed by atoms with van der Waals surface area (Å²) < 4.78 is 13.0. The molecule has 1 N–H and O–H groups in total. The molecule has 0 fully saturated rings. The van der Waals surface area contributed by atoms with E-state index in [2.05, 4.69) is 15.3 Å². The first kappa shape index (κ1) is 15.8. The fourth-order valence-corrected chi connectivity index (χ4v) is 3.78. The number of carbonyl (C=O) groups excluding carboxylic acids is 1. The van der Waals surface area contributed by atoms with Gasteiger partial charge in [-0.15, -0.1) is 22.7 Å². The zero-order valence-corrected chi connectivity index (χ0v) is 14.4. The smallest absolute Gasteiger partial charge is 0.269 e. The first-order valence-corrected chi connectivity index (χ1v) is 8.56. The minimum Gasteiger partial charge on any atom is -0.297 e. The maximum atomic E-state index is 13.0. The Labute approximate surface area is 141 Å². The van der Waals surface area contributed by atoms with Crippen LogP contribution < -0.4 is 5.32 Å². The number of thiazole rings is 2. The molecule has 0 radical (unpaired) electrons. The Hall–Kier alpha value is -2.12. The molecule has 118 valence electrons. The molecule has 7 heteroatoms. The van der Waals surface area contributed by atoms with Crippen LogP contribution in [0.1, 0.15) is 25.9 Å². The highest BCUT2D eigenvalue weighted by molar-refractivity contribution is 7.18. The largest absolute Gasteiger partial charge is 0.297 e. The summed E-state index contributed by atoms with van der Waals surface area (Å²) in [6, 6.07) is 6.07. The van der Waals surface area contributed by atoms with Crippen LogP contribution in [0.3, 0.4) is 0 Å². The number of rotatable bonds is 3. The number of carbonyl (C=O) groups is 1. The van der Waals surface area contributed by atoms with Crippen LogP contribution in [0, 0.1) is 26.6 Å². The van der Waals surface area contributed by atoms with Crippen molar-refractivity contribution in [3.63, 3.8) is 0 Å². The number of amides is 1. The van der Waals surface area contributed by atoms with E-state index in [0.29, 0.717) is 20.7 Å². The molecular weight excluding hydrogens is 333 g/mol.